The Kier molecular flexibility index (Phi) is 8.15. The van der Waals surface area contributed by atoms with Crippen LogP contribution in [-0.4, -0.2) is 31.1 Å². The minimum Gasteiger partial charge on any atom is -0.495 e. The molecule has 2 aromatic rings. The molecule has 146 valence electrons. The molecule has 27 heavy (non-hydrogen) atoms. The van der Waals surface area contributed by atoms with Crippen molar-refractivity contribution >= 4 is 41.4 Å². The molecule has 3 N–H and O–H groups in total. The standard InChI is InChI=1S/C20H27N5O.HI/c1-15-9-11-25(12-10-15)19-8-7-16(13-22-19)14-23-20(21)24-17-5-3-4-6-18(17)26-2;/h3-8,13,15H,9-12,14H2,1-2H3,(H3,21,23,24);1H. The number of hydrogen-bond donors (Lipinski definition) is 2. The summed E-state index contributed by atoms with van der Waals surface area (Å²) in [4.78, 5) is 11.3. The van der Waals surface area contributed by atoms with Crippen LogP contribution in [0, 0.1) is 5.92 Å². The molecule has 7 heteroatoms. The van der Waals surface area contributed by atoms with Crippen molar-refractivity contribution in [3.05, 3.63) is 48.2 Å². The number of halogens is 1. The highest BCUT2D eigenvalue weighted by atomic mass is 127. The molecule has 0 saturated carbocycles. The van der Waals surface area contributed by atoms with E-state index < -0.39 is 0 Å². The van der Waals surface area contributed by atoms with E-state index in [1.807, 2.05) is 30.5 Å². The van der Waals surface area contributed by atoms with Crippen LogP contribution < -0.4 is 20.7 Å². The third-order valence-corrected chi connectivity index (χ3v) is 4.72. The second-order valence-corrected chi connectivity index (χ2v) is 6.72. The van der Waals surface area contributed by atoms with Crippen molar-refractivity contribution in [1.82, 2.24) is 4.98 Å². The molecule has 1 saturated heterocycles. The van der Waals surface area contributed by atoms with Crippen LogP contribution in [0.15, 0.2) is 47.6 Å². The average molecular weight is 481 g/mol. The summed E-state index contributed by atoms with van der Waals surface area (Å²) in [6, 6.07) is 11.7. The molecule has 0 aliphatic carbocycles. The maximum atomic E-state index is 5.99. The minimum absolute atomic E-state index is 0. The topological polar surface area (TPSA) is 75.8 Å². The Morgan fingerprint density at radius 1 is 1.26 bits per heavy atom. The van der Waals surface area contributed by atoms with Gasteiger partial charge in [-0.3, -0.25) is 0 Å². The van der Waals surface area contributed by atoms with Gasteiger partial charge in [-0.05, 0) is 42.5 Å². The van der Waals surface area contributed by atoms with Gasteiger partial charge in [0, 0.05) is 19.3 Å². The highest BCUT2D eigenvalue weighted by Crippen LogP contribution is 2.23. The number of benzene rings is 1. The lowest BCUT2D eigenvalue weighted by Crippen LogP contribution is -2.33. The van der Waals surface area contributed by atoms with Crippen molar-refractivity contribution in [2.75, 3.05) is 30.4 Å². The van der Waals surface area contributed by atoms with Crippen LogP contribution in [0.5, 0.6) is 5.75 Å². The number of ether oxygens (including phenoxy) is 1. The minimum atomic E-state index is 0. The fourth-order valence-electron chi connectivity index (χ4n) is 3.04. The number of methoxy groups -OCH3 is 1. The van der Waals surface area contributed by atoms with Crippen molar-refractivity contribution in [3.63, 3.8) is 0 Å². The molecule has 1 aliphatic heterocycles. The van der Waals surface area contributed by atoms with Crippen LogP contribution in [0.4, 0.5) is 11.5 Å². The molecule has 0 amide bonds. The Labute approximate surface area is 178 Å². The molecule has 2 heterocycles. The van der Waals surface area contributed by atoms with E-state index in [9.17, 15) is 0 Å². The summed E-state index contributed by atoms with van der Waals surface area (Å²) in [7, 11) is 1.63. The van der Waals surface area contributed by atoms with E-state index in [0.29, 0.717) is 12.5 Å². The summed E-state index contributed by atoms with van der Waals surface area (Å²) >= 11 is 0. The van der Waals surface area contributed by atoms with Crippen molar-refractivity contribution in [2.45, 2.75) is 26.3 Å². The lowest BCUT2D eigenvalue weighted by atomic mass is 9.99. The summed E-state index contributed by atoms with van der Waals surface area (Å²) in [5.74, 6) is 2.94. The van der Waals surface area contributed by atoms with Gasteiger partial charge in [0.2, 0.25) is 0 Å². The number of pyridine rings is 1. The summed E-state index contributed by atoms with van der Waals surface area (Å²) < 4.78 is 5.30. The number of para-hydroxylation sites is 2. The molecule has 1 fully saturated rings. The maximum absolute atomic E-state index is 5.99. The molecule has 0 unspecified atom stereocenters. The van der Waals surface area contributed by atoms with Gasteiger partial charge in [-0.2, -0.15) is 0 Å². The predicted octanol–water partition coefficient (Wildman–Crippen LogP) is 3.87. The zero-order valence-electron chi connectivity index (χ0n) is 15.9. The lowest BCUT2D eigenvalue weighted by molar-refractivity contribution is 0.417. The molecule has 0 atom stereocenters. The molecule has 0 spiro atoms. The fraction of sp³-hybridized carbons (Fsp3) is 0.400. The summed E-state index contributed by atoms with van der Waals surface area (Å²) in [6.07, 6.45) is 4.35. The third-order valence-electron chi connectivity index (χ3n) is 4.72. The number of guanidine groups is 1. The molecule has 1 aromatic carbocycles. The van der Waals surface area contributed by atoms with Crippen molar-refractivity contribution in [2.24, 2.45) is 16.6 Å². The van der Waals surface area contributed by atoms with Gasteiger partial charge in [0.25, 0.3) is 0 Å². The van der Waals surface area contributed by atoms with Gasteiger partial charge < -0.3 is 20.7 Å². The predicted molar refractivity (Wildman–Crippen MR) is 122 cm³/mol. The van der Waals surface area contributed by atoms with E-state index >= 15 is 0 Å². The first-order valence-corrected chi connectivity index (χ1v) is 9.05. The number of rotatable bonds is 5. The van der Waals surface area contributed by atoms with Gasteiger partial charge in [-0.1, -0.05) is 25.1 Å². The molecule has 0 radical (unpaired) electrons. The van der Waals surface area contributed by atoms with Crippen LogP contribution >= 0.6 is 24.0 Å². The number of piperidine rings is 1. The van der Waals surface area contributed by atoms with Gasteiger partial charge in [-0.15, -0.1) is 24.0 Å². The van der Waals surface area contributed by atoms with Crippen LogP contribution in [0.25, 0.3) is 0 Å². The Morgan fingerprint density at radius 2 is 2.00 bits per heavy atom. The van der Waals surface area contributed by atoms with Crippen LogP contribution in [0.3, 0.4) is 0 Å². The van der Waals surface area contributed by atoms with Gasteiger partial charge in [0.1, 0.15) is 11.6 Å². The van der Waals surface area contributed by atoms with Gasteiger partial charge in [0.05, 0.1) is 19.3 Å². The zero-order chi connectivity index (χ0) is 18.4. The number of nitrogens with zero attached hydrogens (tertiary/aromatic N) is 3. The number of nitrogens with one attached hydrogen (secondary N) is 1. The second-order valence-electron chi connectivity index (χ2n) is 6.72. The van der Waals surface area contributed by atoms with Gasteiger partial charge >= 0.3 is 0 Å². The molecule has 3 rings (SSSR count). The molecular formula is C20H28IN5O. The van der Waals surface area contributed by atoms with E-state index in [1.54, 1.807) is 7.11 Å². The molecule has 0 bridgehead atoms. The molecule has 1 aliphatic rings. The molecule has 1 aromatic heterocycles. The molecular weight excluding hydrogens is 453 g/mol. The van der Waals surface area contributed by atoms with Gasteiger partial charge in [0.15, 0.2) is 5.96 Å². The average Bonchev–Trinajstić information content (AvgIpc) is 2.68. The zero-order valence-corrected chi connectivity index (χ0v) is 18.2. The summed E-state index contributed by atoms with van der Waals surface area (Å²) in [6.45, 7) is 4.97. The second kappa shape index (κ2) is 10.3. The van der Waals surface area contributed by atoms with E-state index in [-0.39, 0.29) is 24.0 Å². The number of aromatic nitrogens is 1. The number of nitrogens with two attached hydrogens (primary N) is 1. The first-order chi connectivity index (χ1) is 12.7. The van der Waals surface area contributed by atoms with E-state index in [1.165, 1.54) is 12.8 Å². The van der Waals surface area contributed by atoms with E-state index in [2.05, 4.69) is 39.2 Å². The Bertz CT molecular complexity index is 742. The van der Waals surface area contributed by atoms with Crippen molar-refractivity contribution < 1.29 is 4.74 Å². The van der Waals surface area contributed by atoms with Crippen molar-refractivity contribution in [1.29, 1.82) is 0 Å². The number of hydrogen-bond acceptors (Lipinski definition) is 4. The Morgan fingerprint density at radius 3 is 2.67 bits per heavy atom. The van der Waals surface area contributed by atoms with Crippen molar-refractivity contribution in [3.8, 4) is 5.75 Å². The van der Waals surface area contributed by atoms with Crippen LogP contribution in [0.1, 0.15) is 25.3 Å². The third kappa shape index (κ3) is 5.98. The van der Waals surface area contributed by atoms with Crippen LogP contribution in [-0.2, 0) is 6.54 Å². The van der Waals surface area contributed by atoms with E-state index in [0.717, 1.165) is 41.8 Å². The van der Waals surface area contributed by atoms with E-state index in [4.69, 9.17) is 10.5 Å². The largest absolute Gasteiger partial charge is 0.495 e. The summed E-state index contributed by atoms with van der Waals surface area (Å²) in [5, 5.41) is 3.07. The van der Waals surface area contributed by atoms with Gasteiger partial charge in [-0.25, -0.2) is 9.98 Å². The smallest absolute Gasteiger partial charge is 0.193 e. The normalized spacial score (nSPS) is 15.2. The highest BCUT2D eigenvalue weighted by molar-refractivity contribution is 14.0. The SMILES string of the molecule is COc1ccccc1NC(N)=NCc1ccc(N2CCC(C)CC2)nc1.I. The number of aliphatic imine (C=N–C) groups is 1. The summed E-state index contributed by atoms with van der Waals surface area (Å²) in [5.41, 5.74) is 7.82. The number of anilines is 2. The first kappa shape index (κ1) is 21.3. The first-order valence-electron chi connectivity index (χ1n) is 9.05. The molecule has 6 nitrogen and oxygen atoms in total. The fourth-order valence-corrected chi connectivity index (χ4v) is 3.04. The quantitative estimate of drug-likeness (QED) is 0.385. The Hall–Kier alpha value is -2.03. The maximum Gasteiger partial charge on any atom is 0.193 e. The van der Waals surface area contributed by atoms with Crippen LogP contribution in [0.2, 0.25) is 0 Å². The highest BCUT2D eigenvalue weighted by Gasteiger charge is 2.16. The monoisotopic (exact) mass is 481 g/mol. The Balaban J connectivity index is 0.00000261. The lowest BCUT2D eigenvalue weighted by Gasteiger charge is -2.31.